The number of aromatic nitrogens is 6. The first kappa shape index (κ1) is 19.5. The van der Waals surface area contributed by atoms with Gasteiger partial charge in [0.25, 0.3) is 0 Å². The van der Waals surface area contributed by atoms with Crippen LogP contribution >= 0.6 is 0 Å². The molecular weight excluding hydrogens is 422 g/mol. The second-order valence-corrected chi connectivity index (χ2v) is 7.66. The third kappa shape index (κ3) is 3.14. The van der Waals surface area contributed by atoms with Gasteiger partial charge in [-0.3, -0.25) is 4.98 Å². The Morgan fingerprint density at radius 3 is 3.03 bits per heavy atom. The second kappa shape index (κ2) is 7.75. The van der Waals surface area contributed by atoms with Crippen LogP contribution in [0.2, 0.25) is 0 Å². The maximum atomic E-state index is 9.60. The van der Waals surface area contributed by atoms with Gasteiger partial charge >= 0.3 is 0 Å². The van der Waals surface area contributed by atoms with E-state index in [4.69, 9.17) is 14.6 Å². The summed E-state index contributed by atoms with van der Waals surface area (Å²) in [6.07, 6.45) is 7.53. The highest BCUT2D eigenvalue weighted by atomic mass is 16.5. The number of fused-ring (bicyclic) bond motifs is 3. The summed E-state index contributed by atoms with van der Waals surface area (Å²) in [5.74, 6) is 1.40. The van der Waals surface area contributed by atoms with Gasteiger partial charge in [-0.1, -0.05) is 0 Å². The highest BCUT2D eigenvalue weighted by Gasteiger charge is 2.21. The molecule has 0 spiro atoms. The van der Waals surface area contributed by atoms with Crippen LogP contribution in [-0.2, 0) is 6.42 Å². The first-order valence-corrected chi connectivity index (χ1v) is 10.6. The fourth-order valence-electron chi connectivity index (χ4n) is 4.18. The molecule has 1 aliphatic rings. The summed E-state index contributed by atoms with van der Waals surface area (Å²) in [4.78, 5) is 9.12. The molecule has 166 valence electrons. The van der Waals surface area contributed by atoms with Crippen molar-refractivity contribution in [1.29, 1.82) is 0 Å². The molecule has 4 aromatic heterocycles. The minimum absolute atomic E-state index is 0.0137. The molecule has 0 bridgehead atoms. The number of aliphatic hydroxyl groups excluding tert-OH is 1. The molecule has 10 heteroatoms. The van der Waals surface area contributed by atoms with E-state index in [1.807, 2.05) is 35.1 Å². The van der Waals surface area contributed by atoms with Gasteiger partial charge in [0.2, 0.25) is 0 Å². The van der Waals surface area contributed by atoms with Crippen LogP contribution in [0.4, 0.5) is 5.69 Å². The molecule has 0 saturated heterocycles. The van der Waals surface area contributed by atoms with Gasteiger partial charge in [0, 0.05) is 55.7 Å². The maximum Gasteiger partial charge on any atom is 0.164 e. The molecule has 1 aliphatic heterocycles. The van der Waals surface area contributed by atoms with E-state index < -0.39 is 0 Å². The summed E-state index contributed by atoms with van der Waals surface area (Å²) in [7, 11) is 1.63. The van der Waals surface area contributed by atoms with Crippen LogP contribution in [0.1, 0.15) is 5.69 Å². The molecule has 2 N–H and O–H groups in total. The highest BCUT2D eigenvalue weighted by molar-refractivity contribution is 5.88. The summed E-state index contributed by atoms with van der Waals surface area (Å²) in [5, 5.41) is 23.0. The van der Waals surface area contributed by atoms with Crippen molar-refractivity contribution in [3.8, 4) is 28.4 Å². The van der Waals surface area contributed by atoms with Gasteiger partial charge in [0.05, 0.1) is 41.5 Å². The zero-order chi connectivity index (χ0) is 22.4. The number of benzene rings is 1. The molecule has 10 nitrogen and oxygen atoms in total. The van der Waals surface area contributed by atoms with Crippen molar-refractivity contribution in [2.45, 2.75) is 6.42 Å². The van der Waals surface area contributed by atoms with Crippen LogP contribution in [0.5, 0.6) is 11.5 Å². The van der Waals surface area contributed by atoms with Crippen molar-refractivity contribution in [3.63, 3.8) is 0 Å². The Balaban J connectivity index is 1.58. The average Bonchev–Trinajstić information content (AvgIpc) is 3.45. The number of methoxy groups -OCH3 is 1. The standard InChI is InChI=1S/C23H21N7O3/c1-32-22-10-18-21(33-8-5-24-18)11-20(22)30-19-9-17(26-12-14(19)16(28-30)3-7-31)15-13-27-29-6-2-4-25-23(15)29/h2,4,6,9-13,24,31H,3,5,7-8H2,1H3. The monoisotopic (exact) mass is 443 g/mol. The third-order valence-corrected chi connectivity index (χ3v) is 5.73. The normalized spacial score (nSPS) is 13.0. The summed E-state index contributed by atoms with van der Waals surface area (Å²) in [6, 6.07) is 7.63. The van der Waals surface area contributed by atoms with Gasteiger partial charge < -0.3 is 19.9 Å². The molecule has 33 heavy (non-hydrogen) atoms. The molecule has 0 radical (unpaired) electrons. The van der Waals surface area contributed by atoms with Crippen molar-refractivity contribution in [2.24, 2.45) is 0 Å². The van der Waals surface area contributed by atoms with Gasteiger partial charge in [-0.15, -0.1) is 0 Å². The SMILES string of the molecule is COc1cc2c(cc1-n1nc(CCO)c3cnc(-c4cnn5cccnc45)cc31)OCCN2. The van der Waals surface area contributed by atoms with Gasteiger partial charge in [-0.25, -0.2) is 14.2 Å². The van der Waals surface area contributed by atoms with Crippen molar-refractivity contribution >= 4 is 22.2 Å². The smallest absolute Gasteiger partial charge is 0.164 e. The number of ether oxygens (including phenoxy) is 2. The lowest BCUT2D eigenvalue weighted by atomic mass is 10.1. The number of aliphatic hydroxyl groups is 1. The molecule has 5 heterocycles. The number of hydrogen-bond donors (Lipinski definition) is 2. The quantitative estimate of drug-likeness (QED) is 0.426. The summed E-state index contributed by atoms with van der Waals surface area (Å²) in [6.45, 7) is 1.31. The molecule has 0 fully saturated rings. The Bertz CT molecular complexity index is 1490. The molecule has 6 rings (SSSR count). The molecule has 0 unspecified atom stereocenters. The molecule has 0 aliphatic carbocycles. The molecule has 1 aromatic carbocycles. The minimum atomic E-state index is -0.0137. The van der Waals surface area contributed by atoms with Crippen LogP contribution in [-0.4, -0.2) is 61.3 Å². The van der Waals surface area contributed by atoms with Gasteiger partial charge in [0.1, 0.15) is 23.8 Å². The Kier molecular flexibility index (Phi) is 4.58. The fraction of sp³-hybridized carbons (Fsp3) is 0.217. The Morgan fingerprint density at radius 1 is 1.21 bits per heavy atom. The maximum absolute atomic E-state index is 9.60. The highest BCUT2D eigenvalue weighted by Crippen LogP contribution is 2.38. The van der Waals surface area contributed by atoms with Crippen molar-refractivity contribution in [3.05, 3.63) is 54.7 Å². The van der Waals surface area contributed by atoms with Gasteiger partial charge in [-0.05, 0) is 12.1 Å². The number of anilines is 1. The average molecular weight is 443 g/mol. The number of nitrogens with one attached hydrogen (secondary N) is 1. The molecule has 5 aromatic rings. The first-order valence-electron chi connectivity index (χ1n) is 10.6. The van der Waals surface area contributed by atoms with E-state index in [1.54, 1.807) is 30.2 Å². The zero-order valence-corrected chi connectivity index (χ0v) is 17.9. The predicted octanol–water partition coefficient (Wildman–Crippen LogP) is 2.48. The summed E-state index contributed by atoms with van der Waals surface area (Å²) >= 11 is 0. The lowest BCUT2D eigenvalue weighted by Gasteiger charge is -2.21. The van der Waals surface area contributed by atoms with E-state index >= 15 is 0 Å². The van der Waals surface area contributed by atoms with Gasteiger partial charge in [-0.2, -0.15) is 10.2 Å². The summed E-state index contributed by atoms with van der Waals surface area (Å²) in [5.41, 5.74) is 5.47. The zero-order valence-electron chi connectivity index (χ0n) is 17.9. The van der Waals surface area contributed by atoms with Crippen LogP contribution in [0.3, 0.4) is 0 Å². The van der Waals surface area contributed by atoms with Crippen LogP contribution < -0.4 is 14.8 Å². The van der Waals surface area contributed by atoms with E-state index in [2.05, 4.69) is 20.4 Å². The Morgan fingerprint density at radius 2 is 2.15 bits per heavy atom. The lowest BCUT2D eigenvalue weighted by molar-refractivity contribution is 0.298. The predicted molar refractivity (Wildman–Crippen MR) is 122 cm³/mol. The third-order valence-electron chi connectivity index (χ3n) is 5.73. The van der Waals surface area contributed by atoms with E-state index in [-0.39, 0.29) is 6.61 Å². The van der Waals surface area contributed by atoms with Crippen molar-refractivity contribution in [2.75, 3.05) is 32.2 Å². The summed E-state index contributed by atoms with van der Waals surface area (Å²) < 4.78 is 15.1. The largest absolute Gasteiger partial charge is 0.494 e. The van der Waals surface area contributed by atoms with Crippen molar-refractivity contribution in [1.82, 2.24) is 29.4 Å². The first-order chi connectivity index (χ1) is 16.3. The van der Waals surface area contributed by atoms with Gasteiger partial charge in [0.15, 0.2) is 5.65 Å². The Hall–Kier alpha value is -4.18. The van der Waals surface area contributed by atoms with E-state index in [1.165, 1.54) is 0 Å². The molecule has 0 atom stereocenters. The fourth-order valence-corrected chi connectivity index (χ4v) is 4.18. The van der Waals surface area contributed by atoms with E-state index in [0.29, 0.717) is 18.8 Å². The van der Waals surface area contributed by atoms with Crippen molar-refractivity contribution < 1.29 is 14.6 Å². The topological polar surface area (TPSA) is 112 Å². The molecular formula is C23H21N7O3. The lowest BCUT2D eigenvalue weighted by Crippen LogP contribution is -2.18. The van der Waals surface area contributed by atoms with E-state index in [0.717, 1.165) is 57.2 Å². The second-order valence-electron chi connectivity index (χ2n) is 7.66. The number of pyridine rings is 1. The Labute approximate surface area is 188 Å². The van der Waals surface area contributed by atoms with E-state index in [9.17, 15) is 5.11 Å². The minimum Gasteiger partial charge on any atom is -0.494 e. The number of nitrogens with zero attached hydrogens (tertiary/aromatic N) is 6. The number of rotatable bonds is 5. The number of hydrogen-bond acceptors (Lipinski definition) is 8. The molecule has 0 saturated carbocycles. The van der Waals surface area contributed by atoms with Crippen LogP contribution in [0.25, 0.3) is 33.5 Å². The van der Waals surface area contributed by atoms with Crippen LogP contribution in [0.15, 0.2) is 49.1 Å². The van der Waals surface area contributed by atoms with Crippen LogP contribution in [0, 0.1) is 0 Å². The molecule has 0 amide bonds.